The first-order valence-electron chi connectivity index (χ1n) is 6.53. The summed E-state index contributed by atoms with van der Waals surface area (Å²) in [6, 6.07) is 12.0. The smallest absolute Gasteiger partial charge is 0.277 e. The van der Waals surface area contributed by atoms with Gasteiger partial charge in [-0.1, -0.05) is 12.1 Å². The molecule has 0 atom stereocenters. The largest absolute Gasteiger partial charge is 0.504 e. The number of hydrogen-bond donors (Lipinski definition) is 2. The Morgan fingerprint density at radius 1 is 1.26 bits per heavy atom. The molecule has 0 bridgehead atoms. The van der Waals surface area contributed by atoms with Crippen LogP contribution in [0.5, 0.6) is 11.5 Å². The average molecular weight is 315 g/mol. The Balaban J connectivity index is 1.82. The highest BCUT2D eigenvalue weighted by Crippen LogP contribution is 2.23. The van der Waals surface area contributed by atoms with Gasteiger partial charge in [-0.05, 0) is 29.8 Å². The number of benzene rings is 2. The second kappa shape index (κ2) is 7.55. The van der Waals surface area contributed by atoms with Crippen molar-refractivity contribution in [2.45, 2.75) is 0 Å². The number of hydrogen-bond acceptors (Lipinski definition) is 6. The van der Waals surface area contributed by atoms with Gasteiger partial charge in [0.15, 0.2) is 18.1 Å². The van der Waals surface area contributed by atoms with Crippen LogP contribution in [0.3, 0.4) is 0 Å². The van der Waals surface area contributed by atoms with E-state index in [1.807, 2.05) is 0 Å². The molecule has 0 fully saturated rings. The van der Waals surface area contributed by atoms with Gasteiger partial charge in [0.05, 0.1) is 11.1 Å². The molecule has 0 spiro atoms. The molecule has 0 radical (unpaired) electrons. The van der Waals surface area contributed by atoms with E-state index in [-0.39, 0.29) is 23.8 Å². The first-order valence-corrected chi connectivity index (χ1v) is 6.53. The first-order chi connectivity index (χ1) is 11.1. The fraction of sp³-hybridized carbons (Fsp3) is 0.0667. The topological polar surface area (TPSA) is 114 Å². The lowest BCUT2D eigenvalue weighted by Crippen LogP contribution is -2.24. The molecule has 0 heterocycles. The number of para-hydroxylation sites is 2. The van der Waals surface area contributed by atoms with Crippen LogP contribution >= 0.6 is 0 Å². The van der Waals surface area contributed by atoms with Crippen LogP contribution in [0, 0.1) is 10.1 Å². The van der Waals surface area contributed by atoms with Gasteiger partial charge in [0, 0.05) is 12.1 Å². The van der Waals surface area contributed by atoms with E-state index in [0.29, 0.717) is 5.56 Å². The van der Waals surface area contributed by atoms with Crippen LogP contribution in [-0.2, 0) is 4.79 Å². The Kier molecular flexibility index (Phi) is 5.24. The number of rotatable bonds is 6. The minimum absolute atomic E-state index is 0.0257. The molecule has 8 nitrogen and oxygen atoms in total. The number of nitro benzene ring substituents is 1. The van der Waals surface area contributed by atoms with Gasteiger partial charge in [-0.15, -0.1) is 0 Å². The summed E-state index contributed by atoms with van der Waals surface area (Å²) in [5.41, 5.74) is 2.82. The van der Waals surface area contributed by atoms with Gasteiger partial charge in [-0.2, -0.15) is 5.10 Å². The van der Waals surface area contributed by atoms with Gasteiger partial charge in [0.1, 0.15) is 0 Å². The lowest BCUT2D eigenvalue weighted by molar-refractivity contribution is -0.384. The van der Waals surface area contributed by atoms with E-state index in [0.717, 1.165) is 0 Å². The number of amides is 1. The number of nitrogens with zero attached hydrogens (tertiary/aromatic N) is 2. The SMILES string of the molecule is O=C(COc1ccccc1O)N/N=C/c1ccc([N+](=O)[O-])cc1. The molecular formula is C15H13N3O5. The van der Waals surface area contributed by atoms with E-state index >= 15 is 0 Å². The van der Waals surface area contributed by atoms with Crippen molar-refractivity contribution in [3.63, 3.8) is 0 Å². The summed E-state index contributed by atoms with van der Waals surface area (Å²) >= 11 is 0. The summed E-state index contributed by atoms with van der Waals surface area (Å²) in [6.45, 7) is -0.310. The van der Waals surface area contributed by atoms with Crippen LogP contribution in [0.15, 0.2) is 53.6 Å². The Labute approximate surface area is 131 Å². The van der Waals surface area contributed by atoms with Crippen molar-refractivity contribution >= 4 is 17.8 Å². The van der Waals surface area contributed by atoms with Crippen LogP contribution in [0.1, 0.15) is 5.56 Å². The van der Waals surface area contributed by atoms with Crippen molar-refractivity contribution < 1.29 is 19.6 Å². The molecule has 23 heavy (non-hydrogen) atoms. The van der Waals surface area contributed by atoms with Gasteiger partial charge in [-0.25, -0.2) is 5.43 Å². The molecule has 2 rings (SSSR count). The predicted molar refractivity (Wildman–Crippen MR) is 82.4 cm³/mol. The highest BCUT2D eigenvalue weighted by Gasteiger charge is 2.05. The Bertz CT molecular complexity index is 728. The van der Waals surface area contributed by atoms with Crippen molar-refractivity contribution in [1.29, 1.82) is 0 Å². The molecule has 118 valence electrons. The van der Waals surface area contributed by atoms with Gasteiger partial charge >= 0.3 is 0 Å². The third kappa shape index (κ3) is 4.81. The molecule has 0 saturated carbocycles. The third-order valence-corrected chi connectivity index (χ3v) is 2.73. The summed E-state index contributed by atoms with van der Waals surface area (Å²) < 4.78 is 5.13. The first kappa shape index (κ1) is 16.0. The lowest BCUT2D eigenvalue weighted by Gasteiger charge is -2.06. The van der Waals surface area contributed by atoms with Crippen molar-refractivity contribution in [3.05, 3.63) is 64.2 Å². The number of nitro groups is 1. The molecule has 0 aliphatic heterocycles. The Morgan fingerprint density at radius 2 is 1.96 bits per heavy atom. The molecule has 8 heteroatoms. The maximum Gasteiger partial charge on any atom is 0.277 e. The zero-order valence-corrected chi connectivity index (χ0v) is 11.9. The summed E-state index contributed by atoms with van der Waals surface area (Å²) in [5.74, 6) is -0.372. The minimum Gasteiger partial charge on any atom is -0.504 e. The van der Waals surface area contributed by atoms with Crippen LogP contribution in [-0.4, -0.2) is 28.8 Å². The van der Waals surface area contributed by atoms with E-state index in [4.69, 9.17) is 4.74 Å². The Morgan fingerprint density at radius 3 is 2.61 bits per heavy atom. The normalized spacial score (nSPS) is 10.4. The number of aromatic hydroxyl groups is 1. The molecule has 2 N–H and O–H groups in total. The summed E-state index contributed by atoms with van der Waals surface area (Å²) in [7, 11) is 0. The number of phenolic OH excluding ortho intramolecular Hbond substituents is 1. The summed E-state index contributed by atoms with van der Waals surface area (Å²) in [5, 5.41) is 23.7. The lowest BCUT2D eigenvalue weighted by atomic mass is 10.2. The van der Waals surface area contributed by atoms with Crippen LogP contribution in [0.25, 0.3) is 0 Å². The zero-order valence-electron chi connectivity index (χ0n) is 11.9. The summed E-state index contributed by atoms with van der Waals surface area (Å²) in [4.78, 5) is 21.6. The number of hydrazone groups is 1. The highest BCUT2D eigenvalue weighted by atomic mass is 16.6. The molecule has 1 amide bonds. The van der Waals surface area contributed by atoms with Crippen molar-refractivity contribution in [2.24, 2.45) is 5.10 Å². The number of carbonyl (C=O) groups is 1. The van der Waals surface area contributed by atoms with Gasteiger partial charge in [-0.3, -0.25) is 14.9 Å². The monoisotopic (exact) mass is 315 g/mol. The van der Waals surface area contributed by atoms with Crippen molar-refractivity contribution in [2.75, 3.05) is 6.61 Å². The molecule has 0 aliphatic carbocycles. The minimum atomic E-state index is -0.508. The predicted octanol–water partition coefficient (Wildman–Crippen LogP) is 1.83. The number of nitrogens with one attached hydrogen (secondary N) is 1. The number of non-ortho nitro benzene ring substituents is 1. The van der Waals surface area contributed by atoms with Crippen molar-refractivity contribution in [3.8, 4) is 11.5 Å². The second-order valence-corrected chi connectivity index (χ2v) is 4.40. The summed E-state index contributed by atoms with van der Waals surface area (Å²) in [6.07, 6.45) is 1.35. The number of carbonyl (C=O) groups excluding carboxylic acids is 1. The third-order valence-electron chi connectivity index (χ3n) is 2.73. The van der Waals surface area contributed by atoms with Crippen LogP contribution in [0.2, 0.25) is 0 Å². The van der Waals surface area contributed by atoms with Crippen LogP contribution in [0.4, 0.5) is 5.69 Å². The maximum atomic E-state index is 11.5. The quantitative estimate of drug-likeness (QED) is 0.479. The fourth-order valence-corrected chi connectivity index (χ4v) is 1.62. The number of phenols is 1. The van der Waals surface area contributed by atoms with Gasteiger partial charge in [0.2, 0.25) is 0 Å². The zero-order chi connectivity index (χ0) is 16.7. The molecule has 0 aliphatic rings. The molecular weight excluding hydrogens is 302 g/mol. The van der Waals surface area contributed by atoms with Crippen molar-refractivity contribution in [1.82, 2.24) is 5.43 Å². The molecule has 2 aromatic carbocycles. The van der Waals surface area contributed by atoms with Gasteiger partial charge < -0.3 is 9.84 Å². The molecule has 0 saturated heterocycles. The standard InChI is InChI=1S/C15H13N3O5/c19-13-3-1-2-4-14(13)23-10-15(20)17-16-9-11-5-7-12(8-6-11)18(21)22/h1-9,19H,10H2,(H,17,20)/b16-9+. The molecule has 0 aromatic heterocycles. The van der Waals surface area contributed by atoms with E-state index in [9.17, 15) is 20.0 Å². The van der Waals surface area contributed by atoms with E-state index in [1.165, 1.54) is 42.6 Å². The van der Waals surface area contributed by atoms with E-state index < -0.39 is 10.8 Å². The van der Waals surface area contributed by atoms with E-state index in [1.54, 1.807) is 12.1 Å². The highest BCUT2D eigenvalue weighted by molar-refractivity contribution is 5.83. The second-order valence-electron chi connectivity index (χ2n) is 4.40. The molecule has 0 unspecified atom stereocenters. The number of ether oxygens (including phenoxy) is 1. The Hall–Kier alpha value is -3.42. The maximum absolute atomic E-state index is 11.5. The van der Waals surface area contributed by atoms with E-state index in [2.05, 4.69) is 10.5 Å². The fourth-order valence-electron chi connectivity index (χ4n) is 1.62. The average Bonchev–Trinajstić information content (AvgIpc) is 2.54. The van der Waals surface area contributed by atoms with Crippen LogP contribution < -0.4 is 10.2 Å². The molecule has 2 aromatic rings. The van der Waals surface area contributed by atoms with Gasteiger partial charge in [0.25, 0.3) is 11.6 Å².